The molecule has 96 valence electrons. The molecule has 2 atom stereocenters. The monoisotopic (exact) mass is 238 g/mol. The summed E-state index contributed by atoms with van der Waals surface area (Å²) >= 11 is 0. The summed E-state index contributed by atoms with van der Waals surface area (Å²) in [4.78, 5) is 6.57. The highest BCUT2D eigenvalue weighted by molar-refractivity contribution is 4.88. The first-order valence-electron chi connectivity index (χ1n) is 6.40. The molecular weight excluding hydrogens is 216 g/mol. The Morgan fingerprint density at radius 2 is 2.18 bits per heavy atom. The summed E-state index contributed by atoms with van der Waals surface area (Å²) in [6.45, 7) is 3.35. The summed E-state index contributed by atoms with van der Waals surface area (Å²) in [7, 11) is 2.13. The minimum Gasteiger partial charge on any atom is -0.340 e. The molecule has 5 heteroatoms. The first kappa shape index (κ1) is 12.5. The Morgan fingerprint density at radius 3 is 2.82 bits per heavy atom. The van der Waals surface area contributed by atoms with Gasteiger partial charge in [0.15, 0.2) is 5.82 Å². The third-order valence-electron chi connectivity index (χ3n) is 3.70. The lowest BCUT2D eigenvalue weighted by Gasteiger charge is -2.36. The number of nitrogens with two attached hydrogens (primary N) is 1. The Kier molecular flexibility index (Phi) is 4.12. The standard InChI is InChI=1S/C12H22N4O/c1-9-14-12(15-17-9)8-16(2)11-6-4-3-5-10(11)7-13/h10-11H,3-8,13H2,1-2H3. The Labute approximate surface area is 102 Å². The number of nitrogens with zero attached hydrogens (tertiary/aromatic N) is 3. The largest absolute Gasteiger partial charge is 0.340 e. The van der Waals surface area contributed by atoms with Crippen LogP contribution in [-0.2, 0) is 6.54 Å². The van der Waals surface area contributed by atoms with Crippen LogP contribution in [0.15, 0.2) is 4.52 Å². The molecule has 0 aliphatic heterocycles. The van der Waals surface area contributed by atoms with Gasteiger partial charge in [-0.1, -0.05) is 18.0 Å². The number of hydrogen-bond donors (Lipinski definition) is 1. The van der Waals surface area contributed by atoms with E-state index >= 15 is 0 Å². The SMILES string of the molecule is Cc1nc(CN(C)C2CCCCC2CN)no1. The highest BCUT2D eigenvalue weighted by Crippen LogP contribution is 2.27. The molecule has 1 fully saturated rings. The Bertz CT molecular complexity index is 352. The molecule has 1 aromatic heterocycles. The fourth-order valence-electron chi connectivity index (χ4n) is 2.79. The highest BCUT2D eigenvalue weighted by atomic mass is 16.5. The zero-order valence-electron chi connectivity index (χ0n) is 10.7. The van der Waals surface area contributed by atoms with Crippen LogP contribution in [0.5, 0.6) is 0 Å². The second-order valence-electron chi connectivity index (χ2n) is 4.99. The summed E-state index contributed by atoms with van der Waals surface area (Å²) < 4.78 is 4.99. The van der Waals surface area contributed by atoms with Gasteiger partial charge in [0, 0.05) is 13.0 Å². The Hall–Kier alpha value is -0.940. The molecule has 1 saturated carbocycles. The van der Waals surface area contributed by atoms with Crippen molar-refractivity contribution in [2.24, 2.45) is 11.7 Å². The smallest absolute Gasteiger partial charge is 0.223 e. The molecule has 0 bridgehead atoms. The van der Waals surface area contributed by atoms with Crippen molar-refractivity contribution >= 4 is 0 Å². The van der Waals surface area contributed by atoms with Crippen molar-refractivity contribution < 1.29 is 4.52 Å². The maximum Gasteiger partial charge on any atom is 0.223 e. The van der Waals surface area contributed by atoms with Crippen LogP contribution in [0.1, 0.15) is 37.4 Å². The second kappa shape index (κ2) is 5.60. The van der Waals surface area contributed by atoms with Gasteiger partial charge in [0.25, 0.3) is 0 Å². The maximum absolute atomic E-state index is 5.85. The van der Waals surface area contributed by atoms with Gasteiger partial charge in [0.05, 0.1) is 6.54 Å². The molecule has 1 heterocycles. The average Bonchev–Trinajstić information content (AvgIpc) is 2.74. The van der Waals surface area contributed by atoms with Crippen molar-refractivity contribution in [2.75, 3.05) is 13.6 Å². The molecule has 1 aromatic rings. The zero-order valence-corrected chi connectivity index (χ0v) is 10.7. The van der Waals surface area contributed by atoms with Crippen LogP contribution in [0.3, 0.4) is 0 Å². The van der Waals surface area contributed by atoms with Crippen LogP contribution >= 0.6 is 0 Å². The summed E-state index contributed by atoms with van der Waals surface area (Å²) in [6, 6.07) is 0.563. The third-order valence-corrected chi connectivity index (χ3v) is 3.70. The molecule has 0 saturated heterocycles. The molecule has 0 aromatic carbocycles. The molecule has 5 nitrogen and oxygen atoms in total. The van der Waals surface area contributed by atoms with Gasteiger partial charge in [-0.2, -0.15) is 4.98 Å². The van der Waals surface area contributed by atoms with Crippen molar-refractivity contribution in [1.82, 2.24) is 15.0 Å². The van der Waals surface area contributed by atoms with Crippen molar-refractivity contribution in [3.05, 3.63) is 11.7 Å². The van der Waals surface area contributed by atoms with Crippen molar-refractivity contribution in [3.63, 3.8) is 0 Å². The molecule has 0 amide bonds. The zero-order chi connectivity index (χ0) is 12.3. The highest BCUT2D eigenvalue weighted by Gasteiger charge is 2.27. The van der Waals surface area contributed by atoms with Gasteiger partial charge >= 0.3 is 0 Å². The summed E-state index contributed by atoms with van der Waals surface area (Å²) in [5, 5.41) is 3.94. The summed E-state index contributed by atoms with van der Waals surface area (Å²) in [5.74, 6) is 2.01. The Balaban J connectivity index is 1.95. The van der Waals surface area contributed by atoms with Crippen LogP contribution in [0.2, 0.25) is 0 Å². The van der Waals surface area contributed by atoms with Gasteiger partial charge in [0.1, 0.15) is 0 Å². The van der Waals surface area contributed by atoms with Crippen molar-refractivity contribution in [2.45, 2.75) is 45.2 Å². The van der Waals surface area contributed by atoms with Gasteiger partial charge in [0.2, 0.25) is 5.89 Å². The van der Waals surface area contributed by atoms with Gasteiger partial charge in [-0.05, 0) is 32.4 Å². The van der Waals surface area contributed by atoms with E-state index in [0.717, 1.165) is 18.9 Å². The minimum absolute atomic E-state index is 0.563. The first-order valence-corrected chi connectivity index (χ1v) is 6.40. The van der Waals surface area contributed by atoms with Gasteiger partial charge in [-0.3, -0.25) is 4.90 Å². The average molecular weight is 238 g/mol. The van der Waals surface area contributed by atoms with Crippen molar-refractivity contribution in [1.29, 1.82) is 0 Å². The molecule has 2 rings (SSSR count). The lowest BCUT2D eigenvalue weighted by Crippen LogP contribution is -2.42. The van der Waals surface area contributed by atoms with Gasteiger partial charge < -0.3 is 10.3 Å². The topological polar surface area (TPSA) is 68.2 Å². The molecule has 2 N–H and O–H groups in total. The van der Waals surface area contributed by atoms with E-state index in [1.54, 1.807) is 0 Å². The molecule has 1 aliphatic rings. The maximum atomic E-state index is 5.85. The van der Waals surface area contributed by atoms with Gasteiger partial charge in [-0.15, -0.1) is 0 Å². The van der Waals surface area contributed by atoms with Crippen LogP contribution in [0, 0.1) is 12.8 Å². The third kappa shape index (κ3) is 3.04. The van der Waals surface area contributed by atoms with Crippen LogP contribution < -0.4 is 5.73 Å². The predicted octanol–water partition coefficient (Wildman–Crippen LogP) is 1.33. The van der Waals surface area contributed by atoms with Crippen molar-refractivity contribution in [3.8, 4) is 0 Å². The lowest BCUT2D eigenvalue weighted by atomic mass is 9.84. The Morgan fingerprint density at radius 1 is 1.41 bits per heavy atom. The fourth-order valence-corrected chi connectivity index (χ4v) is 2.79. The number of rotatable bonds is 4. The van der Waals surface area contributed by atoms with Gasteiger partial charge in [-0.25, -0.2) is 0 Å². The number of hydrogen-bond acceptors (Lipinski definition) is 5. The molecule has 0 spiro atoms. The van der Waals surface area contributed by atoms with Crippen LogP contribution in [0.4, 0.5) is 0 Å². The molecular formula is C12H22N4O. The van der Waals surface area contributed by atoms with E-state index in [-0.39, 0.29) is 0 Å². The fraction of sp³-hybridized carbons (Fsp3) is 0.833. The van der Waals surface area contributed by atoms with E-state index in [1.807, 2.05) is 6.92 Å². The predicted molar refractivity (Wildman–Crippen MR) is 65.3 cm³/mol. The normalized spacial score (nSPS) is 25.4. The van der Waals surface area contributed by atoms with E-state index in [4.69, 9.17) is 10.3 Å². The minimum atomic E-state index is 0.563. The summed E-state index contributed by atoms with van der Waals surface area (Å²) in [6.07, 6.45) is 5.09. The van der Waals surface area contributed by atoms with Crippen LogP contribution in [0.25, 0.3) is 0 Å². The lowest BCUT2D eigenvalue weighted by molar-refractivity contribution is 0.124. The second-order valence-corrected chi connectivity index (χ2v) is 4.99. The number of aromatic nitrogens is 2. The van der Waals surface area contributed by atoms with E-state index in [2.05, 4.69) is 22.1 Å². The van der Waals surface area contributed by atoms with E-state index < -0.39 is 0 Å². The van der Waals surface area contributed by atoms with Crippen LogP contribution in [-0.4, -0.2) is 34.7 Å². The summed E-state index contributed by atoms with van der Waals surface area (Å²) in [5.41, 5.74) is 5.85. The van der Waals surface area contributed by atoms with E-state index in [0.29, 0.717) is 17.9 Å². The molecule has 17 heavy (non-hydrogen) atoms. The first-order chi connectivity index (χ1) is 8.20. The molecule has 2 unspecified atom stereocenters. The van der Waals surface area contributed by atoms with E-state index in [1.165, 1.54) is 25.7 Å². The molecule has 0 radical (unpaired) electrons. The molecule has 1 aliphatic carbocycles. The quantitative estimate of drug-likeness (QED) is 0.857. The number of aryl methyl sites for hydroxylation is 1. The van der Waals surface area contributed by atoms with E-state index in [9.17, 15) is 0 Å².